The van der Waals surface area contributed by atoms with Crippen molar-refractivity contribution in [3.05, 3.63) is 0 Å². The Morgan fingerprint density at radius 2 is 0.702 bits per heavy atom. The monoisotopic (exact) mass is 708 g/mol. The van der Waals surface area contributed by atoms with Crippen LogP contribution in [-0.2, 0) is 75.9 Å². The summed E-state index contributed by atoms with van der Waals surface area (Å²) in [6.07, 6.45) is 4.17. The zero-order chi connectivity index (χ0) is 33.8. The Morgan fingerprint density at radius 3 is 0.957 bits per heavy atom. The Kier molecular flexibility index (Phi) is 33.3. The summed E-state index contributed by atoms with van der Waals surface area (Å²) in [6.45, 7) is 11.6. The molecule has 282 valence electrons. The topological polar surface area (TPSA) is 163 Å². The van der Waals surface area contributed by atoms with E-state index in [1.165, 1.54) is 0 Å². The van der Waals surface area contributed by atoms with Crippen LogP contribution in [-0.4, -0.2) is 186 Å². The van der Waals surface area contributed by atoms with E-state index < -0.39 is 10.1 Å². The van der Waals surface area contributed by atoms with Crippen LogP contribution in [0.5, 0.6) is 0 Å². The standard InChI is InChI=1S/C30H60O16S/c1-47(31,32)46-29-27-43-25-23-41-21-19-39-17-15-37-13-11-35-9-7-33-6-8-34-10-12-36-14-16-38-18-20-40-22-24-42-26-28-45-30-4-2-3-5-44-30/h30H,2-29H2,1H3. The smallest absolute Gasteiger partial charge is 0.264 e. The van der Waals surface area contributed by atoms with Crippen LogP contribution in [0.15, 0.2) is 0 Å². The van der Waals surface area contributed by atoms with E-state index in [-0.39, 0.29) is 19.5 Å². The second-order valence-electron chi connectivity index (χ2n) is 9.93. The van der Waals surface area contributed by atoms with Crippen LogP contribution < -0.4 is 0 Å². The van der Waals surface area contributed by atoms with Crippen LogP contribution >= 0.6 is 0 Å². The van der Waals surface area contributed by atoms with Crippen molar-refractivity contribution < 1.29 is 74.2 Å². The molecule has 1 aliphatic heterocycles. The molecular formula is C30H60O16S. The summed E-state index contributed by atoms with van der Waals surface area (Å²) >= 11 is 0. The lowest BCUT2D eigenvalue weighted by Gasteiger charge is -2.22. The van der Waals surface area contributed by atoms with Crippen LogP contribution in [0.3, 0.4) is 0 Å². The fourth-order valence-corrected chi connectivity index (χ4v) is 4.00. The highest BCUT2D eigenvalue weighted by atomic mass is 32.2. The molecule has 0 radical (unpaired) electrons. The molecule has 0 aromatic carbocycles. The first-order valence-electron chi connectivity index (χ1n) is 16.5. The predicted molar refractivity (Wildman–Crippen MR) is 169 cm³/mol. The molecule has 0 aliphatic carbocycles. The quantitative estimate of drug-likeness (QED) is 0.0650. The third-order valence-corrected chi connectivity index (χ3v) is 6.51. The van der Waals surface area contributed by atoms with Crippen molar-refractivity contribution in [1.82, 2.24) is 0 Å². The Balaban J connectivity index is 1.61. The van der Waals surface area contributed by atoms with E-state index in [4.69, 9.17) is 61.6 Å². The zero-order valence-corrected chi connectivity index (χ0v) is 29.1. The van der Waals surface area contributed by atoms with Gasteiger partial charge in [-0.3, -0.25) is 4.18 Å². The maximum absolute atomic E-state index is 10.8. The van der Waals surface area contributed by atoms with Crippen LogP contribution in [0.4, 0.5) is 0 Å². The van der Waals surface area contributed by atoms with Crippen molar-refractivity contribution >= 4 is 10.1 Å². The average molecular weight is 709 g/mol. The number of rotatable bonds is 38. The number of ether oxygens (including phenoxy) is 13. The van der Waals surface area contributed by atoms with Crippen molar-refractivity contribution in [1.29, 1.82) is 0 Å². The molecule has 1 aliphatic rings. The molecule has 0 aromatic rings. The molecule has 0 N–H and O–H groups in total. The molecule has 1 atom stereocenters. The minimum absolute atomic E-state index is 0.00297. The molecule has 0 bridgehead atoms. The fraction of sp³-hybridized carbons (Fsp3) is 1.00. The van der Waals surface area contributed by atoms with Crippen molar-refractivity contribution in [3.63, 3.8) is 0 Å². The van der Waals surface area contributed by atoms with Gasteiger partial charge in [0.25, 0.3) is 10.1 Å². The number of hydrogen-bond donors (Lipinski definition) is 0. The SMILES string of the molecule is CS(=O)(=O)OCCOCCOCCOCCOCCOCCOCCOCCOCCOCCOCCOCCOC1CCCCO1. The minimum Gasteiger partial charge on any atom is -0.377 e. The van der Waals surface area contributed by atoms with Gasteiger partial charge in [-0.2, -0.15) is 8.42 Å². The summed E-state index contributed by atoms with van der Waals surface area (Å²) in [5.74, 6) is 0. The van der Waals surface area contributed by atoms with Crippen LogP contribution in [0.1, 0.15) is 19.3 Å². The molecule has 0 spiro atoms. The zero-order valence-electron chi connectivity index (χ0n) is 28.3. The largest absolute Gasteiger partial charge is 0.377 e. The van der Waals surface area contributed by atoms with Crippen LogP contribution in [0, 0.1) is 0 Å². The molecule has 1 rings (SSSR count). The highest BCUT2D eigenvalue weighted by Gasteiger charge is 2.13. The predicted octanol–water partition coefficient (Wildman–Crippen LogP) is 0.688. The lowest BCUT2D eigenvalue weighted by Crippen LogP contribution is -2.24. The normalized spacial score (nSPS) is 15.5. The van der Waals surface area contributed by atoms with Gasteiger partial charge in [-0.1, -0.05) is 0 Å². The molecule has 1 fully saturated rings. The van der Waals surface area contributed by atoms with Gasteiger partial charge in [0.1, 0.15) is 0 Å². The Morgan fingerprint density at radius 1 is 0.426 bits per heavy atom. The molecule has 0 aromatic heterocycles. The van der Waals surface area contributed by atoms with Gasteiger partial charge >= 0.3 is 0 Å². The van der Waals surface area contributed by atoms with Crippen molar-refractivity contribution in [2.75, 3.05) is 171 Å². The average Bonchev–Trinajstić information content (AvgIpc) is 3.06. The molecule has 0 saturated carbocycles. The molecular weight excluding hydrogens is 648 g/mol. The van der Waals surface area contributed by atoms with Gasteiger partial charge in [0.05, 0.1) is 165 Å². The van der Waals surface area contributed by atoms with E-state index in [2.05, 4.69) is 4.18 Å². The van der Waals surface area contributed by atoms with Gasteiger partial charge in [-0.15, -0.1) is 0 Å². The first-order valence-corrected chi connectivity index (χ1v) is 18.3. The van der Waals surface area contributed by atoms with E-state index in [9.17, 15) is 8.42 Å². The van der Waals surface area contributed by atoms with Gasteiger partial charge in [-0.05, 0) is 19.3 Å². The maximum atomic E-state index is 10.8. The van der Waals surface area contributed by atoms with Crippen molar-refractivity contribution in [2.24, 2.45) is 0 Å². The molecule has 1 heterocycles. The van der Waals surface area contributed by atoms with E-state index in [0.29, 0.717) is 145 Å². The highest BCUT2D eigenvalue weighted by molar-refractivity contribution is 7.85. The van der Waals surface area contributed by atoms with Gasteiger partial charge in [-0.25, -0.2) is 0 Å². The Labute approximate surface area is 281 Å². The van der Waals surface area contributed by atoms with E-state index in [0.717, 1.165) is 32.1 Å². The molecule has 17 heteroatoms. The summed E-state index contributed by atoms with van der Waals surface area (Å²) in [6, 6.07) is 0. The van der Waals surface area contributed by atoms with E-state index >= 15 is 0 Å². The van der Waals surface area contributed by atoms with E-state index in [1.807, 2.05) is 0 Å². The lowest BCUT2D eigenvalue weighted by atomic mass is 10.2. The van der Waals surface area contributed by atoms with Gasteiger partial charge < -0.3 is 61.6 Å². The minimum atomic E-state index is -3.42. The summed E-state index contributed by atoms with van der Waals surface area (Å²) in [4.78, 5) is 0. The summed E-state index contributed by atoms with van der Waals surface area (Å²) in [7, 11) is -3.42. The molecule has 47 heavy (non-hydrogen) atoms. The summed E-state index contributed by atoms with van der Waals surface area (Å²) in [5, 5.41) is 0. The summed E-state index contributed by atoms with van der Waals surface area (Å²) in [5.41, 5.74) is 0. The molecule has 16 nitrogen and oxygen atoms in total. The van der Waals surface area contributed by atoms with Crippen molar-refractivity contribution in [2.45, 2.75) is 25.6 Å². The first kappa shape index (κ1) is 44.4. The second kappa shape index (κ2) is 35.2. The maximum Gasteiger partial charge on any atom is 0.264 e. The van der Waals surface area contributed by atoms with Crippen LogP contribution in [0.2, 0.25) is 0 Å². The number of hydrogen-bond acceptors (Lipinski definition) is 16. The van der Waals surface area contributed by atoms with Crippen molar-refractivity contribution in [3.8, 4) is 0 Å². The molecule has 0 amide bonds. The Bertz CT molecular complexity index is 727. The van der Waals surface area contributed by atoms with Gasteiger partial charge in [0.15, 0.2) is 6.29 Å². The second-order valence-corrected chi connectivity index (χ2v) is 11.6. The molecule has 1 unspecified atom stereocenters. The Hall–Kier alpha value is -0.610. The van der Waals surface area contributed by atoms with Crippen LogP contribution in [0.25, 0.3) is 0 Å². The summed E-state index contributed by atoms with van der Waals surface area (Å²) < 4.78 is 96.9. The third kappa shape index (κ3) is 36.5. The first-order chi connectivity index (χ1) is 23.1. The lowest BCUT2D eigenvalue weighted by molar-refractivity contribution is -0.169. The molecule has 1 saturated heterocycles. The van der Waals surface area contributed by atoms with E-state index in [1.54, 1.807) is 0 Å². The van der Waals surface area contributed by atoms with Gasteiger partial charge in [0, 0.05) is 6.61 Å². The highest BCUT2D eigenvalue weighted by Crippen LogP contribution is 2.13. The third-order valence-electron chi connectivity index (χ3n) is 5.91. The fourth-order valence-electron chi connectivity index (χ4n) is 3.63. The van der Waals surface area contributed by atoms with Gasteiger partial charge in [0.2, 0.25) is 0 Å².